The van der Waals surface area contributed by atoms with Crippen LogP contribution in [-0.2, 0) is 0 Å². The van der Waals surface area contributed by atoms with Gasteiger partial charge in [-0.3, -0.25) is 4.79 Å². The number of fused-ring (bicyclic) bond motifs is 1. The quantitative estimate of drug-likeness (QED) is 0.515. The maximum Gasteiger partial charge on any atom is 0.260 e. The van der Waals surface area contributed by atoms with Crippen LogP contribution in [0.2, 0.25) is 0 Å². The summed E-state index contributed by atoms with van der Waals surface area (Å²) < 4.78 is 0.754. The van der Waals surface area contributed by atoms with Crippen LogP contribution >= 0.6 is 34.4 Å². The van der Waals surface area contributed by atoms with Crippen LogP contribution in [0.3, 0.4) is 0 Å². The summed E-state index contributed by atoms with van der Waals surface area (Å²) in [7, 11) is 0. The summed E-state index contributed by atoms with van der Waals surface area (Å²) in [5, 5.41) is 10.8. The first kappa shape index (κ1) is 16.2. The first-order chi connectivity index (χ1) is 12.1. The molecule has 0 amide bonds. The normalized spacial score (nSPS) is 12.5. The van der Waals surface area contributed by atoms with Crippen LogP contribution in [0.25, 0.3) is 21.3 Å². The van der Waals surface area contributed by atoms with Gasteiger partial charge in [0.05, 0.1) is 10.6 Å². The van der Waals surface area contributed by atoms with Gasteiger partial charge in [-0.15, -0.1) is 21.5 Å². The molecular formula is C16H13N5OS3. The number of hydrogen-bond donors (Lipinski definition) is 2. The summed E-state index contributed by atoms with van der Waals surface area (Å²) >= 11 is 4.28. The predicted molar refractivity (Wildman–Crippen MR) is 104 cm³/mol. The van der Waals surface area contributed by atoms with Crippen molar-refractivity contribution in [3.63, 3.8) is 0 Å². The van der Waals surface area contributed by atoms with E-state index in [1.54, 1.807) is 0 Å². The average molecular weight is 388 g/mol. The lowest BCUT2D eigenvalue weighted by Gasteiger charge is -2.08. The molecule has 0 aliphatic carbocycles. The number of nitrogens with two attached hydrogens (primary N) is 1. The Morgan fingerprint density at radius 1 is 1.24 bits per heavy atom. The fourth-order valence-electron chi connectivity index (χ4n) is 2.46. The molecule has 3 N–H and O–H groups in total. The number of thioether (sulfide) groups is 1. The number of nitrogens with one attached hydrogen (secondary N) is 1. The Kier molecular flexibility index (Phi) is 4.28. The number of benzene rings is 1. The number of nitrogens with zero attached hydrogens (tertiary/aromatic N) is 3. The maximum absolute atomic E-state index is 12.7. The molecule has 0 aliphatic rings. The largest absolute Gasteiger partial charge is 0.374 e. The molecule has 0 bridgehead atoms. The molecule has 1 aromatic carbocycles. The molecule has 0 aliphatic heterocycles. The smallest absolute Gasteiger partial charge is 0.260 e. The average Bonchev–Trinajstić information content (AvgIpc) is 3.22. The summed E-state index contributed by atoms with van der Waals surface area (Å²) in [6.45, 7) is 1.97. The standard InChI is InChI=1S/C16H13N5OS3/c1-8(24-16-21-20-15(17)25-16)12-18-13(22)11-10(7-23-14(11)19-12)9-5-3-2-4-6-9/h2-8H,1H3,(H2,17,20)(H,18,19,22)/t8-/m1/s1. The summed E-state index contributed by atoms with van der Waals surface area (Å²) in [6, 6.07) is 9.86. The van der Waals surface area contributed by atoms with Gasteiger partial charge in [0.25, 0.3) is 5.56 Å². The van der Waals surface area contributed by atoms with E-state index in [-0.39, 0.29) is 10.8 Å². The minimum atomic E-state index is -0.121. The predicted octanol–water partition coefficient (Wildman–Crippen LogP) is 3.94. The molecule has 9 heteroatoms. The zero-order valence-electron chi connectivity index (χ0n) is 13.1. The van der Waals surface area contributed by atoms with Crippen LogP contribution in [0.15, 0.2) is 44.8 Å². The van der Waals surface area contributed by atoms with Crippen LogP contribution in [0.4, 0.5) is 5.13 Å². The fraction of sp³-hybridized carbons (Fsp3) is 0.125. The summed E-state index contributed by atoms with van der Waals surface area (Å²) in [5.41, 5.74) is 7.42. The zero-order valence-corrected chi connectivity index (χ0v) is 15.5. The van der Waals surface area contributed by atoms with Crippen LogP contribution in [0.5, 0.6) is 0 Å². The molecule has 6 nitrogen and oxygen atoms in total. The van der Waals surface area contributed by atoms with Crippen molar-refractivity contribution >= 4 is 49.8 Å². The molecule has 4 rings (SSSR count). The van der Waals surface area contributed by atoms with E-state index in [0.29, 0.717) is 16.3 Å². The van der Waals surface area contributed by atoms with Crippen molar-refractivity contribution in [2.45, 2.75) is 16.5 Å². The monoisotopic (exact) mass is 387 g/mol. The van der Waals surface area contributed by atoms with Gasteiger partial charge in [-0.1, -0.05) is 53.4 Å². The third-order valence-corrected chi connectivity index (χ3v) is 6.45. The molecule has 126 valence electrons. The summed E-state index contributed by atoms with van der Waals surface area (Å²) in [4.78, 5) is 21.0. The number of aromatic amines is 1. The second-order valence-electron chi connectivity index (χ2n) is 5.31. The Bertz CT molecular complexity index is 1090. The summed E-state index contributed by atoms with van der Waals surface area (Å²) in [6.07, 6.45) is 0. The van der Waals surface area contributed by atoms with Crippen LogP contribution in [0.1, 0.15) is 18.0 Å². The first-order valence-electron chi connectivity index (χ1n) is 7.44. The molecule has 3 heterocycles. The molecular weight excluding hydrogens is 374 g/mol. The molecule has 0 saturated carbocycles. The molecule has 0 radical (unpaired) electrons. The SMILES string of the molecule is C[C@@H](Sc1nnc(N)s1)c1nc2scc(-c3ccccc3)c2c(=O)[nH]1. The number of rotatable bonds is 4. The van der Waals surface area contributed by atoms with Crippen molar-refractivity contribution in [1.82, 2.24) is 20.2 Å². The third kappa shape index (κ3) is 3.17. The topological polar surface area (TPSA) is 97.5 Å². The summed E-state index contributed by atoms with van der Waals surface area (Å²) in [5.74, 6) is 0.623. The third-order valence-electron chi connectivity index (χ3n) is 3.63. The second-order valence-corrected chi connectivity index (χ2v) is 8.77. The van der Waals surface area contributed by atoms with Gasteiger partial charge >= 0.3 is 0 Å². The van der Waals surface area contributed by atoms with Crippen LogP contribution in [0, 0.1) is 0 Å². The number of H-pyrrole nitrogens is 1. The Hall–Kier alpha value is -2.23. The van der Waals surface area contributed by atoms with E-state index >= 15 is 0 Å². The van der Waals surface area contributed by atoms with E-state index in [1.807, 2.05) is 42.6 Å². The van der Waals surface area contributed by atoms with Crippen molar-refractivity contribution in [1.29, 1.82) is 0 Å². The highest BCUT2D eigenvalue weighted by Gasteiger charge is 2.17. The number of aromatic nitrogens is 4. The van der Waals surface area contributed by atoms with Gasteiger partial charge in [-0.05, 0) is 12.5 Å². The number of thiophene rings is 1. The van der Waals surface area contributed by atoms with Gasteiger partial charge < -0.3 is 10.7 Å². The molecule has 4 aromatic rings. The van der Waals surface area contributed by atoms with Gasteiger partial charge in [0.1, 0.15) is 10.7 Å². The maximum atomic E-state index is 12.7. The van der Waals surface area contributed by atoms with Gasteiger partial charge in [0.15, 0.2) is 4.34 Å². The van der Waals surface area contributed by atoms with E-state index < -0.39 is 0 Å². The van der Waals surface area contributed by atoms with E-state index in [1.165, 1.54) is 34.4 Å². The minimum Gasteiger partial charge on any atom is -0.374 e. The van der Waals surface area contributed by atoms with Crippen molar-refractivity contribution in [3.05, 3.63) is 51.9 Å². The van der Waals surface area contributed by atoms with E-state index in [4.69, 9.17) is 5.73 Å². The highest BCUT2D eigenvalue weighted by Crippen LogP contribution is 2.36. The fourth-order valence-corrected chi connectivity index (χ4v) is 5.26. The molecule has 25 heavy (non-hydrogen) atoms. The van der Waals surface area contributed by atoms with Crippen molar-refractivity contribution in [2.24, 2.45) is 0 Å². The highest BCUT2D eigenvalue weighted by atomic mass is 32.2. The van der Waals surface area contributed by atoms with Gasteiger partial charge in [-0.25, -0.2) is 4.98 Å². The van der Waals surface area contributed by atoms with Gasteiger partial charge in [-0.2, -0.15) is 0 Å². The van der Waals surface area contributed by atoms with Crippen molar-refractivity contribution in [2.75, 3.05) is 5.73 Å². The minimum absolute atomic E-state index is 0.0632. The Morgan fingerprint density at radius 2 is 2.04 bits per heavy atom. The van der Waals surface area contributed by atoms with E-state index in [9.17, 15) is 4.79 Å². The number of anilines is 1. The molecule has 0 fully saturated rings. The molecule has 1 atom stereocenters. The molecule has 3 aromatic heterocycles. The van der Waals surface area contributed by atoms with E-state index in [0.717, 1.165) is 20.3 Å². The van der Waals surface area contributed by atoms with Crippen molar-refractivity contribution < 1.29 is 0 Å². The number of nitrogen functional groups attached to an aromatic ring is 1. The van der Waals surface area contributed by atoms with Gasteiger partial charge in [0.2, 0.25) is 5.13 Å². The Morgan fingerprint density at radius 3 is 2.76 bits per heavy atom. The first-order valence-corrected chi connectivity index (χ1v) is 10.0. The lowest BCUT2D eigenvalue weighted by Crippen LogP contribution is -2.12. The molecule has 0 saturated heterocycles. The van der Waals surface area contributed by atoms with Crippen molar-refractivity contribution in [3.8, 4) is 11.1 Å². The second kappa shape index (κ2) is 6.58. The highest BCUT2D eigenvalue weighted by molar-refractivity contribution is 8.01. The van der Waals surface area contributed by atoms with Gasteiger partial charge in [0, 0.05) is 10.9 Å². The molecule has 0 unspecified atom stereocenters. The zero-order chi connectivity index (χ0) is 17.4. The Balaban J connectivity index is 1.72. The number of hydrogen-bond acceptors (Lipinski definition) is 8. The molecule has 0 spiro atoms. The lowest BCUT2D eigenvalue weighted by atomic mass is 10.1. The van der Waals surface area contributed by atoms with Crippen LogP contribution < -0.4 is 11.3 Å². The van der Waals surface area contributed by atoms with Crippen LogP contribution in [-0.4, -0.2) is 20.2 Å². The van der Waals surface area contributed by atoms with E-state index in [2.05, 4.69) is 20.2 Å². The lowest BCUT2D eigenvalue weighted by molar-refractivity contribution is 0.919. The Labute approximate surface area is 155 Å².